The monoisotopic (exact) mass is 500 g/mol. The Morgan fingerprint density at radius 2 is 1.69 bits per heavy atom. The van der Waals surface area contributed by atoms with Crippen LogP contribution in [0.5, 0.6) is 0 Å². The number of piperidine rings is 1. The number of aryl methyl sites for hydroxylation is 2. The molecule has 3 heterocycles. The molecule has 0 N–H and O–H groups in total. The van der Waals surface area contributed by atoms with Crippen molar-refractivity contribution in [1.82, 2.24) is 19.3 Å². The first kappa shape index (κ1) is 25.6. The number of piperazine rings is 1. The van der Waals surface area contributed by atoms with Crippen molar-refractivity contribution in [3.05, 3.63) is 46.8 Å². The number of hydrogen-bond donors (Lipinski definition) is 0. The Morgan fingerprint density at radius 1 is 1.03 bits per heavy atom. The zero-order valence-electron chi connectivity index (χ0n) is 20.9. The fourth-order valence-corrected chi connectivity index (χ4v) is 6.61. The lowest BCUT2D eigenvalue weighted by Crippen LogP contribution is -2.52. The Hall–Kier alpha value is -2.49. The number of hydrogen-bond acceptors (Lipinski definition) is 6. The Kier molecular flexibility index (Phi) is 8.09. The van der Waals surface area contributed by atoms with E-state index in [0.717, 1.165) is 50.3 Å². The van der Waals surface area contributed by atoms with Crippen LogP contribution in [0, 0.1) is 19.8 Å². The summed E-state index contributed by atoms with van der Waals surface area (Å²) in [5.41, 5.74) is 2.45. The van der Waals surface area contributed by atoms with E-state index >= 15 is 0 Å². The van der Waals surface area contributed by atoms with E-state index < -0.39 is 10.0 Å². The molecule has 0 bridgehead atoms. The predicted octanol–water partition coefficient (Wildman–Crippen LogP) is 3.42. The fraction of sp³-hybridized carbons (Fsp3) is 0.538. The molecule has 0 radical (unpaired) electrons. The van der Waals surface area contributed by atoms with Crippen molar-refractivity contribution in [2.24, 2.45) is 5.92 Å². The number of amides is 1. The minimum atomic E-state index is -3.78. The van der Waals surface area contributed by atoms with Gasteiger partial charge in [0.25, 0.3) is 0 Å². The molecule has 1 aromatic heterocycles. The maximum absolute atomic E-state index is 13.5. The topological polar surface area (TPSA) is 87.0 Å². The predicted molar refractivity (Wildman–Crippen MR) is 136 cm³/mol. The Morgan fingerprint density at radius 3 is 2.31 bits per heavy atom. The van der Waals surface area contributed by atoms with E-state index in [-0.39, 0.29) is 22.5 Å². The number of rotatable bonds is 7. The zero-order valence-corrected chi connectivity index (χ0v) is 21.8. The molecular weight excluding hydrogens is 464 g/mol. The lowest BCUT2D eigenvalue weighted by molar-refractivity contribution is -0.138. The summed E-state index contributed by atoms with van der Waals surface area (Å²) in [6.45, 7) is 10.9. The van der Waals surface area contributed by atoms with Crippen molar-refractivity contribution in [3.63, 3.8) is 0 Å². The first-order valence-electron chi connectivity index (χ1n) is 12.5. The van der Waals surface area contributed by atoms with Crippen LogP contribution in [-0.4, -0.2) is 79.4 Å². The molecule has 1 aromatic carbocycles. The average Bonchev–Trinajstić information content (AvgIpc) is 3.25. The van der Waals surface area contributed by atoms with E-state index in [2.05, 4.69) is 17.0 Å². The number of sulfonamides is 1. The van der Waals surface area contributed by atoms with Gasteiger partial charge in [0, 0.05) is 45.2 Å². The third-order valence-corrected chi connectivity index (χ3v) is 9.02. The van der Waals surface area contributed by atoms with Gasteiger partial charge in [-0.3, -0.25) is 9.69 Å². The molecule has 35 heavy (non-hydrogen) atoms. The third kappa shape index (κ3) is 5.85. The van der Waals surface area contributed by atoms with Gasteiger partial charge in [0.1, 0.15) is 5.69 Å². The lowest BCUT2D eigenvalue weighted by Gasteiger charge is -2.38. The maximum Gasteiger partial charge on any atom is 0.248 e. The van der Waals surface area contributed by atoms with Crippen molar-refractivity contribution in [2.45, 2.75) is 44.9 Å². The quantitative estimate of drug-likeness (QED) is 0.579. The molecule has 0 spiro atoms. The van der Waals surface area contributed by atoms with Crippen LogP contribution in [0.4, 0.5) is 0 Å². The average molecular weight is 501 g/mol. The van der Waals surface area contributed by atoms with E-state index in [1.807, 2.05) is 42.2 Å². The number of carbonyl (C=O) groups excluding carboxylic acids is 1. The minimum Gasteiger partial charge on any atom is -0.355 e. The van der Waals surface area contributed by atoms with E-state index in [1.165, 1.54) is 4.31 Å². The smallest absolute Gasteiger partial charge is 0.248 e. The van der Waals surface area contributed by atoms with Crippen LogP contribution in [0.2, 0.25) is 0 Å². The first-order chi connectivity index (χ1) is 16.8. The highest BCUT2D eigenvalue weighted by Gasteiger charge is 2.37. The van der Waals surface area contributed by atoms with Gasteiger partial charge >= 0.3 is 0 Å². The van der Waals surface area contributed by atoms with E-state index in [1.54, 1.807) is 13.0 Å². The SMILES string of the molecule is CCCN1CCN(C(=O)C2CCN(S(=O)(=O)c3c(C)noc3/C=C/c3ccc(C)cc3)CC2)CC1. The molecule has 2 aromatic rings. The largest absolute Gasteiger partial charge is 0.355 e. The highest BCUT2D eigenvalue weighted by molar-refractivity contribution is 7.89. The molecule has 1 amide bonds. The summed E-state index contributed by atoms with van der Waals surface area (Å²) in [4.78, 5) is 17.5. The summed E-state index contributed by atoms with van der Waals surface area (Å²) in [5, 5.41) is 3.93. The fourth-order valence-electron chi connectivity index (χ4n) is 4.89. The van der Waals surface area contributed by atoms with Crippen molar-refractivity contribution < 1.29 is 17.7 Å². The molecule has 190 valence electrons. The second-order valence-electron chi connectivity index (χ2n) is 9.55. The van der Waals surface area contributed by atoms with Crippen LogP contribution in [0.1, 0.15) is 48.8 Å². The molecule has 8 nitrogen and oxygen atoms in total. The molecule has 9 heteroatoms. The molecule has 2 saturated heterocycles. The van der Waals surface area contributed by atoms with Crippen molar-refractivity contribution in [3.8, 4) is 0 Å². The summed E-state index contributed by atoms with van der Waals surface area (Å²) in [6.07, 6.45) is 5.67. The highest BCUT2D eigenvalue weighted by atomic mass is 32.2. The van der Waals surface area contributed by atoms with Gasteiger partial charge < -0.3 is 9.42 Å². The molecular formula is C26H36N4O4S. The molecule has 2 aliphatic heterocycles. The van der Waals surface area contributed by atoms with E-state index in [4.69, 9.17) is 4.52 Å². The maximum atomic E-state index is 13.5. The third-order valence-electron chi connectivity index (χ3n) is 6.96. The van der Waals surface area contributed by atoms with Crippen molar-refractivity contribution in [2.75, 3.05) is 45.8 Å². The summed E-state index contributed by atoms with van der Waals surface area (Å²) in [7, 11) is -3.78. The van der Waals surface area contributed by atoms with Crippen LogP contribution in [0.3, 0.4) is 0 Å². The van der Waals surface area contributed by atoms with Gasteiger partial charge in [-0.05, 0) is 51.3 Å². The second-order valence-corrected chi connectivity index (χ2v) is 11.4. The van der Waals surface area contributed by atoms with Crippen LogP contribution < -0.4 is 0 Å². The number of nitrogens with zero attached hydrogens (tertiary/aromatic N) is 4. The summed E-state index contributed by atoms with van der Waals surface area (Å²) in [6, 6.07) is 7.93. The molecule has 0 saturated carbocycles. The summed E-state index contributed by atoms with van der Waals surface area (Å²) >= 11 is 0. The number of carbonyl (C=O) groups is 1. The molecule has 0 unspecified atom stereocenters. The van der Waals surface area contributed by atoms with Crippen molar-refractivity contribution >= 4 is 28.1 Å². The lowest BCUT2D eigenvalue weighted by atomic mass is 9.96. The standard InChI is InChI=1S/C26H36N4O4S/c1-4-13-28-16-18-29(19-17-28)26(31)23-11-14-30(15-12-23)35(32,33)25-21(3)27-34-24(25)10-9-22-7-5-20(2)6-8-22/h5-10,23H,4,11-19H2,1-3H3/b10-9+. The molecule has 0 atom stereocenters. The van der Waals surface area contributed by atoms with Gasteiger partial charge in [0.05, 0.1) is 0 Å². The van der Waals surface area contributed by atoms with Crippen LogP contribution >= 0.6 is 0 Å². The zero-order chi connectivity index (χ0) is 25.0. The van der Waals surface area contributed by atoms with Gasteiger partial charge in [-0.15, -0.1) is 0 Å². The molecule has 4 rings (SSSR count). The Bertz CT molecular complexity index is 1140. The molecule has 2 fully saturated rings. The van der Waals surface area contributed by atoms with Gasteiger partial charge in [-0.25, -0.2) is 8.42 Å². The van der Waals surface area contributed by atoms with Gasteiger partial charge in [-0.1, -0.05) is 48.0 Å². The van der Waals surface area contributed by atoms with E-state index in [9.17, 15) is 13.2 Å². The van der Waals surface area contributed by atoms with Gasteiger partial charge in [0.15, 0.2) is 10.7 Å². The highest BCUT2D eigenvalue weighted by Crippen LogP contribution is 2.30. The van der Waals surface area contributed by atoms with Crippen LogP contribution in [0.15, 0.2) is 33.7 Å². The van der Waals surface area contributed by atoms with Gasteiger partial charge in [-0.2, -0.15) is 4.31 Å². The van der Waals surface area contributed by atoms with Gasteiger partial charge in [0.2, 0.25) is 15.9 Å². The summed E-state index contributed by atoms with van der Waals surface area (Å²) in [5.74, 6) is 0.274. The minimum absolute atomic E-state index is 0.109. The molecule has 2 aliphatic rings. The van der Waals surface area contributed by atoms with E-state index in [0.29, 0.717) is 31.6 Å². The molecule has 0 aliphatic carbocycles. The Balaban J connectivity index is 1.40. The first-order valence-corrected chi connectivity index (χ1v) is 14.0. The van der Waals surface area contributed by atoms with Crippen LogP contribution in [0.25, 0.3) is 12.2 Å². The summed E-state index contributed by atoms with van der Waals surface area (Å²) < 4.78 is 33.9. The number of aromatic nitrogens is 1. The van der Waals surface area contributed by atoms with Crippen LogP contribution in [-0.2, 0) is 14.8 Å². The Labute approximate surface area is 208 Å². The number of benzene rings is 1. The normalized spacial score (nSPS) is 19.0. The second kappa shape index (κ2) is 11.1. The van der Waals surface area contributed by atoms with Crippen molar-refractivity contribution in [1.29, 1.82) is 0 Å².